The number of hydrogen-bond acceptors (Lipinski definition) is 4. The summed E-state index contributed by atoms with van der Waals surface area (Å²) in [6.45, 7) is 2.80. The molecule has 1 amide bonds. The average molecular weight is 448 g/mol. The Balaban J connectivity index is 1.42. The molecule has 1 saturated carbocycles. The summed E-state index contributed by atoms with van der Waals surface area (Å²) < 4.78 is 2.08. The van der Waals surface area contributed by atoms with Crippen LogP contribution in [0, 0.1) is 0 Å². The van der Waals surface area contributed by atoms with Crippen molar-refractivity contribution in [2.75, 3.05) is 11.9 Å². The molecule has 6 rings (SSSR count). The summed E-state index contributed by atoms with van der Waals surface area (Å²) in [5.74, 6) is 0.740. The molecule has 1 aliphatic carbocycles. The molecule has 0 saturated heterocycles. The van der Waals surface area contributed by atoms with Crippen LogP contribution in [0.3, 0.4) is 0 Å². The normalized spacial score (nSPS) is 13.3. The van der Waals surface area contributed by atoms with Gasteiger partial charge >= 0.3 is 0 Å². The van der Waals surface area contributed by atoms with Crippen LogP contribution >= 0.6 is 0 Å². The Morgan fingerprint density at radius 1 is 1.00 bits per heavy atom. The van der Waals surface area contributed by atoms with Crippen LogP contribution in [0.2, 0.25) is 0 Å². The van der Waals surface area contributed by atoms with Crippen LogP contribution in [0.4, 0.5) is 5.82 Å². The Bertz CT molecular complexity index is 1520. The van der Waals surface area contributed by atoms with Crippen molar-refractivity contribution in [3.8, 4) is 22.5 Å². The minimum absolute atomic E-state index is 0.00980. The molecule has 1 fully saturated rings. The number of imidazole rings is 1. The summed E-state index contributed by atoms with van der Waals surface area (Å²) in [5.41, 5.74) is 5.31. The van der Waals surface area contributed by atoms with Crippen molar-refractivity contribution in [3.63, 3.8) is 0 Å². The van der Waals surface area contributed by atoms with E-state index in [2.05, 4.69) is 63.3 Å². The molecule has 2 N–H and O–H groups in total. The fraction of sp³-hybridized carbons (Fsp3) is 0.179. The predicted octanol–water partition coefficient (Wildman–Crippen LogP) is 5.54. The zero-order chi connectivity index (χ0) is 23.1. The lowest BCUT2D eigenvalue weighted by Gasteiger charge is -2.11. The van der Waals surface area contributed by atoms with Gasteiger partial charge in [0.05, 0.1) is 17.6 Å². The molecule has 6 nitrogen and oxygen atoms in total. The fourth-order valence-electron chi connectivity index (χ4n) is 4.26. The number of aromatic nitrogens is 3. The summed E-state index contributed by atoms with van der Waals surface area (Å²) in [6, 6.07) is 22.8. The van der Waals surface area contributed by atoms with Crippen LogP contribution in [0.15, 0.2) is 79.1 Å². The van der Waals surface area contributed by atoms with Crippen molar-refractivity contribution in [1.29, 1.82) is 0 Å². The first-order valence-electron chi connectivity index (χ1n) is 11.7. The second kappa shape index (κ2) is 8.30. The molecule has 0 aliphatic heterocycles. The van der Waals surface area contributed by atoms with Gasteiger partial charge < -0.3 is 10.6 Å². The smallest absolute Gasteiger partial charge is 0.251 e. The monoisotopic (exact) mass is 447 g/mol. The third-order valence-corrected chi connectivity index (χ3v) is 6.24. The van der Waals surface area contributed by atoms with Gasteiger partial charge in [-0.3, -0.25) is 9.20 Å². The van der Waals surface area contributed by atoms with Gasteiger partial charge in [0.2, 0.25) is 0 Å². The maximum Gasteiger partial charge on any atom is 0.251 e. The molecule has 3 aromatic carbocycles. The van der Waals surface area contributed by atoms with E-state index in [1.54, 1.807) is 0 Å². The Kier molecular flexibility index (Phi) is 4.99. The molecule has 2 heterocycles. The van der Waals surface area contributed by atoms with Crippen LogP contribution < -0.4 is 10.6 Å². The maximum atomic E-state index is 12.4. The summed E-state index contributed by atoms with van der Waals surface area (Å²) >= 11 is 0. The summed E-state index contributed by atoms with van der Waals surface area (Å²) in [7, 11) is 0. The van der Waals surface area contributed by atoms with E-state index >= 15 is 0 Å². The average Bonchev–Trinajstić information content (AvgIpc) is 3.58. The second-order valence-electron chi connectivity index (χ2n) is 8.73. The van der Waals surface area contributed by atoms with Crippen molar-refractivity contribution in [3.05, 3.63) is 84.7 Å². The zero-order valence-electron chi connectivity index (χ0n) is 19.0. The molecular formula is C28H25N5O. The van der Waals surface area contributed by atoms with E-state index < -0.39 is 0 Å². The lowest BCUT2D eigenvalue weighted by molar-refractivity contribution is 0.0951. The van der Waals surface area contributed by atoms with E-state index in [1.807, 2.05) is 42.7 Å². The van der Waals surface area contributed by atoms with Crippen LogP contribution in [0.5, 0.6) is 0 Å². The molecular weight excluding hydrogens is 422 g/mol. The van der Waals surface area contributed by atoms with E-state index in [0.717, 1.165) is 53.4 Å². The summed E-state index contributed by atoms with van der Waals surface area (Å²) in [5, 5.41) is 8.78. The highest BCUT2D eigenvalue weighted by Gasteiger charge is 2.23. The highest BCUT2D eigenvalue weighted by atomic mass is 16.1. The van der Waals surface area contributed by atoms with Crippen molar-refractivity contribution in [1.82, 2.24) is 19.7 Å². The third-order valence-electron chi connectivity index (χ3n) is 6.24. The first-order chi connectivity index (χ1) is 16.7. The van der Waals surface area contributed by atoms with Gasteiger partial charge in [0, 0.05) is 35.5 Å². The van der Waals surface area contributed by atoms with E-state index in [4.69, 9.17) is 4.98 Å². The second-order valence-corrected chi connectivity index (χ2v) is 8.73. The zero-order valence-corrected chi connectivity index (χ0v) is 19.0. The standard InChI is InChI=1S/C28H25N5O/c1-2-29-26-27-30-16-25(19-8-10-20(11-9-19)28(34)31-23-13-14-23)33(27)17-24(32-26)22-12-7-18-5-3-4-6-21(18)15-22/h3-12,15-17,23H,2,13-14H2,1H3,(H,29,32)(H,31,34). The summed E-state index contributed by atoms with van der Waals surface area (Å²) in [4.78, 5) is 21.9. The van der Waals surface area contributed by atoms with Gasteiger partial charge in [-0.2, -0.15) is 0 Å². The van der Waals surface area contributed by atoms with E-state index in [1.165, 1.54) is 10.8 Å². The lowest BCUT2D eigenvalue weighted by Crippen LogP contribution is -2.25. The predicted molar refractivity (Wildman–Crippen MR) is 136 cm³/mol. The quantitative estimate of drug-likeness (QED) is 0.358. The van der Waals surface area contributed by atoms with Gasteiger partial charge in [-0.15, -0.1) is 0 Å². The number of hydrogen-bond donors (Lipinski definition) is 2. The minimum atomic E-state index is -0.00980. The number of fused-ring (bicyclic) bond motifs is 2. The molecule has 0 bridgehead atoms. The van der Waals surface area contributed by atoms with Gasteiger partial charge in [0.15, 0.2) is 11.5 Å². The molecule has 1 aliphatic rings. The van der Waals surface area contributed by atoms with Crippen LogP contribution in [-0.2, 0) is 0 Å². The molecule has 34 heavy (non-hydrogen) atoms. The Labute approximate surface area is 197 Å². The Morgan fingerprint density at radius 3 is 2.53 bits per heavy atom. The van der Waals surface area contributed by atoms with Gasteiger partial charge in [0.25, 0.3) is 5.91 Å². The maximum absolute atomic E-state index is 12.4. The van der Waals surface area contributed by atoms with Gasteiger partial charge in [-0.05, 0) is 48.7 Å². The number of carbonyl (C=O) groups is 1. The van der Waals surface area contributed by atoms with Crippen molar-refractivity contribution >= 4 is 28.1 Å². The van der Waals surface area contributed by atoms with Gasteiger partial charge in [0.1, 0.15) is 0 Å². The molecule has 0 atom stereocenters. The number of benzene rings is 3. The Hall–Kier alpha value is -4.19. The number of anilines is 1. The summed E-state index contributed by atoms with van der Waals surface area (Å²) in [6.07, 6.45) is 6.05. The first kappa shape index (κ1) is 20.4. The minimum Gasteiger partial charge on any atom is -0.367 e. The molecule has 2 aromatic heterocycles. The number of nitrogens with one attached hydrogen (secondary N) is 2. The van der Waals surface area contributed by atoms with Crippen molar-refractivity contribution in [2.24, 2.45) is 0 Å². The van der Waals surface area contributed by atoms with Crippen LogP contribution in [-0.4, -0.2) is 32.9 Å². The molecule has 0 spiro atoms. The molecule has 6 heteroatoms. The SMILES string of the molecule is CCNc1nc(-c2ccc3ccccc3c2)cn2c(-c3ccc(C(=O)NC4CC4)cc3)cnc12. The van der Waals surface area contributed by atoms with E-state index in [9.17, 15) is 4.79 Å². The van der Waals surface area contributed by atoms with E-state index in [-0.39, 0.29) is 5.91 Å². The van der Waals surface area contributed by atoms with Gasteiger partial charge in [-0.1, -0.05) is 48.5 Å². The largest absolute Gasteiger partial charge is 0.367 e. The fourth-order valence-corrected chi connectivity index (χ4v) is 4.26. The highest BCUT2D eigenvalue weighted by Crippen LogP contribution is 2.29. The molecule has 5 aromatic rings. The number of carbonyl (C=O) groups excluding carboxylic acids is 1. The van der Waals surface area contributed by atoms with Crippen molar-refractivity contribution in [2.45, 2.75) is 25.8 Å². The lowest BCUT2D eigenvalue weighted by atomic mass is 10.1. The number of nitrogens with zero attached hydrogens (tertiary/aromatic N) is 3. The number of rotatable bonds is 6. The molecule has 0 radical (unpaired) electrons. The van der Waals surface area contributed by atoms with Crippen LogP contribution in [0.1, 0.15) is 30.1 Å². The Morgan fingerprint density at radius 2 is 1.76 bits per heavy atom. The van der Waals surface area contributed by atoms with Crippen molar-refractivity contribution < 1.29 is 4.79 Å². The third kappa shape index (κ3) is 3.77. The number of amides is 1. The van der Waals surface area contributed by atoms with Crippen LogP contribution in [0.25, 0.3) is 38.9 Å². The first-order valence-corrected chi connectivity index (χ1v) is 11.7. The molecule has 0 unspecified atom stereocenters. The molecule has 168 valence electrons. The highest BCUT2D eigenvalue weighted by molar-refractivity contribution is 5.95. The van der Waals surface area contributed by atoms with Gasteiger partial charge in [-0.25, -0.2) is 9.97 Å². The topological polar surface area (TPSA) is 71.3 Å². The van der Waals surface area contributed by atoms with E-state index in [0.29, 0.717) is 11.6 Å².